The summed E-state index contributed by atoms with van der Waals surface area (Å²) in [5, 5.41) is 10.2. The lowest BCUT2D eigenvalue weighted by Crippen LogP contribution is -2.38. The van der Waals surface area contributed by atoms with Gasteiger partial charge in [0.1, 0.15) is 11.3 Å². The molecule has 0 aliphatic heterocycles. The molecule has 5 nitrogen and oxygen atoms in total. The van der Waals surface area contributed by atoms with Crippen molar-refractivity contribution in [1.82, 2.24) is 0 Å². The molecule has 0 spiro atoms. The fraction of sp³-hybridized carbons (Fsp3) is 0.250. The third kappa shape index (κ3) is 4.60. The lowest BCUT2D eigenvalue weighted by molar-refractivity contribution is -0.152. The van der Waals surface area contributed by atoms with E-state index < -0.39 is 11.6 Å². The van der Waals surface area contributed by atoms with Gasteiger partial charge >= 0.3 is 5.97 Å². The number of carbonyl (C=O) groups excluding carboxylic acids is 1. The minimum Gasteiger partial charge on any atom is -0.478 e. The van der Waals surface area contributed by atoms with E-state index in [1.165, 1.54) is 19.9 Å². The molecule has 156 valence electrons. The number of thioether (sulfide) groups is 1. The average molecular weight is 425 g/mol. The molecule has 1 aromatic heterocycles. The van der Waals surface area contributed by atoms with E-state index in [0.717, 1.165) is 27.0 Å². The van der Waals surface area contributed by atoms with Crippen LogP contribution >= 0.6 is 11.8 Å². The summed E-state index contributed by atoms with van der Waals surface area (Å²) in [6.45, 7) is 6.72. The fourth-order valence-electron chi connectivity index (χ4n) is 3.05. The molecular formula is C24H24O5S. The van der Waals surface area contributed by atoms with Crippen LogP contribution in [0.3, 0.4) is 0 Å². The Hall–Kier alpha value is -2.99. The van der Waals surface area contributed by atoms with Gasteiger partial charge in [0.2, 0.25) is 5.78 Å². The van der Waals surface area contributed by atoms with Gasteiger partial charge in [-0.3, -0.25) is 4.79 Å². The first kappa shape index (κ1) is 21.7. The number of carboxylic acids is 1. The molecule has 0 aliphatic rings. The van der Waals surface area contributed by atoms with E-state index in [1.54, 1.807) is 23.9 Å². The standard InChI is InChI=1S/C24H24O5S/c1-14-10-16(11-15(2)22(14)29-24(3,4)23(26)27)6-9-19(25)21-12-17-7-8-18(30-5)13-20(17)28-21/h6-13H,1-5H3,(H,26,27). The van der Waals surface area contributed by atoms with Crippen LogP contribution in [0.1, 0.15) is 41.1 Å². The molecule has 0 amide bonds. The van der Waals surface area contributed by atoms with Gasteiger partial charge in [0, 0.05) is 10.3 Å². The summed E-state index contributed by atoms with van der Waals surface area (Å²) in [5.74, 6) is -0.435. The molecule has 1 heterocycles. The van der Waals surface area contributed by atoms with Crippen molar-refractivity contribution >= 4 is 40.6 Å². The van der Waals surface area contributed by atoms with Crippen LogP contribution in [0.15, 0.2) is 51.8 Å². The Morgan fingerprint density at radius 1 is 1.10 bits per heavy atom. The van der Waals surface area contributed by atoms with Crippen LogP contribution in [0.25, 0.3) is 17.0 Å². The summed E-state index contributed by atoms with van der Waals surface area (Å²) in [6.07, 6.45) is 5.18. The van der Waals surface area contributed by atoms with Gasteiger partial charge in [-0.05, 0) is 93.1 Å². The Morgan fingerprint density at radius 2 is 1.77 bits per heavy atom. The number of rotatable bonds is 7. The summed E-state index contributed by atoms with van der Waals surface area (Å²) in [5.41, 5.74) is 1.77. The maximum absolute atomic E-state index is 12.6. The second-order valence-corrected chi connectivity index (χ2v) is 8.49. The number of ether oxygens (including phenoxy) is 1. The number of hydrogen-bond acceptors (Lipinski definition) is 5. The second kappa shape index (κ2) is 8.40. The molecule has 0 fully saturated rings. The summed E-state index contributed by atoms with van der Waals surface area (Å²) < 4.78 is 11.4. The van der Waals surface area contributed by atoms with Crippen LogP contribution in [0.2, 0.25) is 0 Å². The van der Waals surface area contributed by atoms with Crippen LogP contribution in [0.4, 0.5) is 0 Å². The summed E-state index contributed by atoms with van der Waals surface area (Å²) in [4.78, 5) is 25.0. The van der Waals surface area contributed by atoms with E-state index in [4.69, 9.17) is 9.15 Å². The lowest BCUT2D eigenvalue weighted by atomic mass is 10.0. The van der Waals surface area contributed by atoms with Gasteiger partial charge in [-0.2, -0.15) is 0 Å². The van der Waals surface area contributed by atoms with Gasteiger partial charge in [0.25, 0.3) is 0 Å². The first-order valence-corrected chi connectivity index (χ1v) is 10.7. The van der Waals surface area contributed by atoms with Crippen LogP contribution in [-0.2, 0) is 4.79 Å². The van der Waals surface area contributed by atoms with Crippen LogP contribution < -0.4 is 4.74 Å². The molecule has 0 bridgehead atoms. The molecule has 0 radical (unpaired) electrons. The number of benzene rings is 2. The predicted octanol–water partition coefficient (Wildman–Crippen LogP) is 5.91. The smallest absolute Gasteiger partial charge is 0.347 e. The number of furan rings is 1. The van der Waals surface area contributed by atoms with Crippen molar-refractivity contribution in [2.24, 2.45) is 0 Å². The Labute approximate surface area is 179 Å². The summed E-state index contributed by atoms with van der Waals surface area (Å²) in [7, 11) is 0. The first-order chi connectivity index (χ1) is 14.1. The molecule has 0 aliphatic carbocycles. The largest absolute Gasteiger partial charge is 0.478 e. The highest BCUT2D eigenvalue weighted by molar-refractivity contribution is 7.98. The highest BCUT2D eigenvalue weighted by Crippen LogP contribution is 2.29. The van der Waals surface area contributed by atoms with Crippen LogP contribution in [0.5, 0.6) is 5.75 Å². The van der Waals surface area contributed by atoms with Crippen LogP contribution in [0, 0.1) is 13.8 Å². The minimum atomic E-state index is -1.33. The number of aryl methyl sites for hydroxylation is 2. The SMILES string of the molecule is CSc1ccc2cc(C(=O)C=Cc3cc(C)c(OC(C)(C)C(=O)O)c(C)c3)oc2c1. The predicted molar refractivity (Wildman–Crippen MR) is 120 cm³/mol. The molecule has 0 unspecified atom stereocenters. The maximum Gasteiger partial charge on any atom is 0.347 e. The topological polar surface area (TPSA) is 76.7 Å². The van der Waals surface area contributed by atoms with Gasteiger partial charge in [0.05, 0.1) is 0 Å². The van der Waals surface area contributed by atoms with Gasteiger partial charge in [-0.1, -0.05) is 6.08 Å². The second-order valence-electron chi connectivity index (χ2n) is 7.61. The number of allylic oxidation sites excluding steroid dienone is 1. The van der Waals surface area contributed by atoms with Crippen molar-refractivity contribution in [3.05, 3.63) is 64.9 Å². The van der Waals surface area contributed by atoms with E-state index in [0.29, 0.717) is 11.3 Å². The minimum absolute atomic E-state index is 0.223. The average Bonchev–Trinajstić information content (AvgIpc) is 3.12. The third-order valence-electron chi connectivity index (χ3n) is 4.75. The van der Waals surface area contributed by atoms with Gasteiger partial charge in [-0.15, -0.1) is 11.8 Å². The molecule has 2 aromatic carbocycles. The van der Waals surface area contributed by atoms with E-state index in [-0.39, 0.29) is 11.5 Å². The molecule has 30 heavy (non-hydrogen) atoms. The zero-order valence-corrected chi connectivity index (χ0v) is 18.4. The summed E-state index contributed by atoms with van der Waals surface area (Å²) >= 11 is 1.62. The van der Waals surface area contributed by atoms with Crippen molar-refractivity contribution in [1.29, 1.82) is 0 Å². The number of aliphatic carboxylic acids is 1. The van der Waals surface area contributed by atoms with Crippen molar-refractivity contribution < 1.29 is 23.8 Å². The van der Waals surface area contributed by atoms with Crippen molar-refractivity contribution in [2.75, 3.05) is 6.26 Å². The Balaban J connectivity index is 1.82. The molecule has 0 saturated heterocycles. The fourth-order valence-corrected chi connectivity index (χ4v) is 3.48. The normalized spacial score (nSPS) is 11.9. The monoisotopic (exact) mass is 424 g/mol. The molecule has 1 N–H and O–H groups in total. The van der Waals surface area contributed by atoms with E-state index in [9.17, 15) is 14.7 Å². The van der Waals surface area contributed by atoms with Gasteiger partial charge in [0.15, 0.2) is 11.4 Å². The number of carbonyl (C=O) groups is 2. The van der Waals surface area contributed by atoms with E-state index in [2.05, 4.69) is 0 Å². The number of carboxylic acid groups (broad SMARTS) is 1. The Bertz CT molecular complexity index is 1130. The molecule has 6 heteroatoms. The van der Waals surface area contributed by atoms with E-state index >= 15 is 0 Å². The number of ketones is 1. The highest BCUT2D eigenvalue weighted by Gasteiger charge is 2.30. The first-order valence-electron chi connectivity index (χ1n) is 9.44. The zero-order valence-electron chi connectivity index (χ0n) is 17.6. The lowest BCUT2D eigenvalue weighted by Gasteiger charge is -2.24. The highest BCUT2D eigenvalue weighted by atomic mass is 32.2. The Kier molecular flexibility index (Phi) is 6.08. The quantitative estimate of drug-likeness (QED) is 0.289. The molecule has 3 rings (SSSR count). The van der Waals surface area contributed by atoms with Gasteiger partial charge in [-0.25, -0.2) is 4.79 Å². The third-order valence-corrected chi connectivity index (χ3v) is 5.48. The summed E-state index contributed by atoms with van der Waals surface area (Å²) in [6, 6.07) is 11.3. The molecular weight excluding hydrogens is 400 g/mol. The molecule has 3 aromatic rings. The number of hydrogen-bond donors (Lipinski definition) is 1. The zero-order chi connectivity index (χ0) is 22.1. The van der Waals surface area contributed by atoms with E-state index in [1.807, 2.05) is 50.4 Å². The molecule has 0 atom stereocenters. The number of fused-ring (bicyclic) bond motifs is 1. The van der Waals surface area contributed by atoms with Crippen molar-refractivity contribution in [3.8, 4) is 5.75 Å². The van der Waals surface area contributed by atoms with Crippen molar-refractivity contribution in [2.45, 2.75) is 38.2 Å². The van der Waals surface area contributed by atoms with Crippen molar-refractivity contribution in [3.63, 3.8) is 0 Å². The Morgan fingerprint density at radius 3 is 2.37 bits per heavy atom. The van der Waals surface area contributed by atoms with Gasteiger partial charge < -0.3 is 14.3 Å². The van der Waals surface area contributed by atoms with Crippen LogP contribution in [-0.4, -0.2) is 28.7 Å². The maximum atomic E-state index is 12.6. The molecule has 0 saturated carbocycles.